The molecule has 0 unspecified atom stereocenters. The largest absolute Gasteiger partial charge is 0.358 e. The number of rotatable bonds is 6. The van der Waals surface area contributed by atoms with E-state index in [1.165, 1.54) is 18.5 Å². The van der Waals surface area contributed by atoms with Crippen LogP contribution >= 0.6 is 0 Å². The molecule has 24 heavy (non-hydrogen) atoms. The number of nitrogens with two attached hydrogens (primary N) is 1. The quantitative estimate of drug-likeness (QED) is 0.881. The van der Waals surface area contributed by atoms with Crippen molar-refractivity contribution in [3.8, 4) is 0 Å². The second-order valence-corrected chi connectivity index (χ2v) is 7.30. The molecule has 6 nitrogen and oxygen atoms in total. The molecule has 2 N–H and O–H groups in total. The molecule has 2 saturated carbocycles. The Morgan fingerprint density at radius 2 is 2.04 bits per heavy atom. The van der Waals surface area contributed by atoms with Gasteiger partial charge in [-0.1, -0.05) is 0 Å². The molecule has 4 rings (SSSR count). The third-order valence-electron chi connectivity index (χ3n) is 5.28. The lowest BCUT2D eigenvalue weighted by Gasteiger charge is -2.32. The molecule has 0 amide bonds. The number of hydrogen-bond acceptors (Lipinski definition) is 5. The minimum Gasteiger partial charge on any atom is -0.358 e. The molecule has 0 aliphatic heterocycles. The van der Waals surface area contributed by atoms with E-state index in [9.17, 15) is 0 Å². The first-order valence-electron chi connectivity index (χ1n) is 8.93. The van der Waals surface area contributed by atoms with Crippen molar-refractivity contribution in [2.45, 2.75) is 57.0 Å². The molecular formula is C18H26N6. The molecule has 2 aliphatic rings. The molecule has 2 aliphatic carbocycles. The summed E-state index contributed by atoms with van der Waals surface area (Å²) < 4.78 is 2.17. The van der Waals surface area contributed by atoms with Crippen molar-refractivity contribution in [1.82, 2.24) is 19.5 Å². The summed E-state index contributed by atoms with van der Waals surface area (Å²) in [4.78, 5) is 16.2. The van der Waals surface area contributed by atoms with Gasteiger partial charge < -0.3 is 15.2 Å². The topological polar surface area (TPSA) is 72.9 Å². The molecule has 0 aromatic carbocycles. The van der Waals surface area contributed by atoms with Gasteiger partial charge in [0, 0.05) is 62.2 Å². The highest BCUT2D eigenvalue weighted by Crippen LogP contribution is 2.41. The van der Waals surface area contributed by atoms with Gasteiger partial charge in [0.1, 0.15) is 17.5 Å². The predicted octanol–water partition coefficient (Wildman–Crippen LogP) is 2.20. The molecule has 6 heteroatoms. The van der Waals surface area contributed by atoms with E-state index in [0.717, 1.165) is 43.4 Å². The van der Waals surface area contributed by atoms with Gasteiger partial charge in [-0.25, -0.2) is 15.0 Å². The zero-order chi connectivity index (χ0) is 16.7. The van der Waals surface area contributed by atoms with E-state index in [2.05, 4.69) is 27.6 Å². The van der Waals surface area contributed by atoms with E-state index in [1.54, 1.807) is 0 Å². The zero-order valence-electron chi connectivity index (χ0n) is 14.5. The summed E-state index contributed by atoms with van der Waals surface area (Å²) in [6.45, 7) is 3.85. The van der Waals surface area contributed by atoms with E-state index in [4.69, 9.17) is 15.7 Å². The molecule has 0 spiro atoms. The van der Waals surface area contributed by atoms with Gasteiger partial charge in [0.15, 0.2) is 0 Å². The Morgan fingerprint density at radius 1 is 1.25 bits per heavy atom. The van der Waals surface area contributed by atoms with E-state index in [0.29, 0.717) is 17.9 Å². The van der Waals surface area contributed by atoms with E-state index >= 15 is 0 Å². The van der Waals surface area contributed by atoms with Gasteiger partial charge in [-0.2, -0.15) is 0 Å². The Morgan fingerprint density at radius 3 is 2.67 bits per heavy atom. The summed E-state index contributed by atoms with van der Waals surface area (Å²) in [6.07, 6.45) is 8.44. The lowest BCUT2D eigenvalue weighted by Crippen LogP contribution is -2.35. The molecule has 0 atom stereocenters. The lowest BCUT2D eigenvalue weighted by molar-refractivity contribution is 0.344. The molecule has 128 valence electrons. The number of aryl methyl sites for hydroxylation is 1. The van der Waals surface area contributed by atoms with Crippen LogP contribution < -0.4 is 10.6 Å². The van der Waals surface area contributed by atoms with Crippen molar-refractivity contribution in [2.24, 2.45) is 5.73 Å². The van der Waals surface area contributed by atoms with Gasteiger partial charge in [0.2, 0.25) is 0 Å². The van der Waals surface area contributed by atoms with Crippen LogP contribution in [0.5, 0.6) is 0 Å². The number of aromatic nitrogens is 4. The van der Waals surface area contributed by atoms with Crippen molar-refractivity contribution >= 4 is 5.82 Å². The van der Waals surface area contributed by atoms with Crippen LogP contribution in [0.4, 0.5) is 5.82 Å². The minimum atomic E-state index is 0.347. The first kappa shape index (κ1) is 15.6. The van der Waals surface area contributed by atoms with Crippen molar-refractivity contribution in [2.75, 3.05) is 18.5 Å². The van der Waals surface area contributed by atoms with Gasteiger partial charge in [-0.05, 0) is 32.6 Å². The van der Waals surface area contributed by atoms with Crippen molar-refractivity contribution in [1.29, 1.82) is 0 Å². The molecular weight excluding hydrogens is 300 g/mol. The Balaban J connectivity index is 1.51. The number of likely N-dealkylation sites (N-methyl/N-ethyl adjacent to an activating group) is 1. The second kappa shape index (κ2) is 6.16. The summed E-state index contributed by atoms with van der Waals surface area (Å²) >= 11 is 0. The number of hydrogen-bond donors (Lipinski definition) is 1. The Hall–Kier alpha value is -1.95. The van der Waals surface area contributed by atoms with Crippen molar-refractivity contribution < 1.29 is 0 Å². The van der Waals surface area contributed by atoms with E-state index < -0.39 is 0 Å². The Bertz CT molecular complexity index is 714. The fourth-order valence-electron chi connectivity index (χ4n) is 3.32. The van der Waals surface area contributed by atoms with Crippen LogP contribution in [0.25, 0.3) is 0 Å². The summed E-state index contributed by atoms with van der Waals surface area (Å²) in [6, 6.07) is 2.52. The van der Waals surface area contributed by atoms with Crippen LogP contribution in [-0.2, 0) is 6.54 Å². The highest BCUT2D eigenvalue weighted by molar-refractivity contribution is 5.41. The average Bonchev–Trinajstić information content (AvgIpc) is 3.32. The van der Waals surface area contributed by atoms with E-state index in [-0.39, 0.29) is 0 Å². The number of imidazole rings is 1. The van der Waals surface area contributed by atoms with Crippen LogP contribution in [0.2, 0.25) is 0 Å². The van der Waals surface area contributed by atoms with Gasteiger partial charge in [-0.15, -0.1) is 0 Å². The fraction of sp³-hybridized carbons (Fsp3) is 0.611. The van der Waals surface area contributed by atoms with Gasteiger partial charge in [0.05, 0.1) is 0 Å². The molecule has 0 bridgehead atoms. The maximum atomic E-state index is 5.97. The molecule has 2 aromatic rings. The smallest absolute Gasteiger partial charge is 0.134 e. The van der Waals surface area contributed by atoms with Crippen LogP contribution in [0, 0.1) is 6.92 Å². The SMILES string of the molecule is Cc1nccn1CCN(C)c1cc(C2CC(N)C2)nc(C2CC2)n1. The molecule has 2 heterocycles. The summed E-state index contributed by atoms with van der Waals surface area (Å²) in [5.41, 5.74) is 7.16. The van der Waals surface area contributed by atoms with E-state index in [1.807, 2.05) is 19.3 Å². The monoisotopic (exact) mass is 326 g/mol. The third kappa shape index (κ3) is 3.15. The van der Waals surface area contributed by atoms with Crippen LogP contribution in [0.15, 0.2) is 18.5 Å². The first-order valence-corrected chi connectivity index (χ1v) is 8.93. The van der Waals surface area contributed by atoms with Gasteiger partial charge in [0.25, 0.3) is 0 Å². The predicted molar refractivity (Wildman–Crippen MR) is 94.2 cm³/mol. The standard InChI is InChI=1S/C18H26N6/c1-12-20-5-6-24(12)8-7-23(2)17-11-16(14-9-15(19)10-14)21-18(22-17)13-3-4-13/h5-6,11,13-15H,3-4,7-10,19H2,1-2H3. The maximum absolute atomic E-state index is 5.97. The summed E-state index contributed by atoms with van der Waals surface area (Å²) in [5.74, 6) is 4.22. The molecule has 2 fully saturated rings. The maximum Gasteiger partial charge on any atom is 0.134 e. The fourth-order valence-corrected chi connectivity index (χ4v) is 3.32. The zero-order valence-corrected chi connectivity index (χ0v) is 14.5. The third-order valence-corrected chi connectivity index (χ3v) is 5.28. The van der Waals surface area contributed by atoms with Crippen LogP contribution in [0.1, 0.15) is 54.9 Å². The van der Waals surface area contributed by atoms with Gasteiger partial charge >= 0.3 is 0 Å². The normalized spacial score (nSPS) is 23.1. The number of anilines is 1. The molecule has 2 aromatic heterocycles. The highest BCUT2D eigenvalue weighted by Gasteiger charge is 2.32. The van der Waals surface area contributed by atoms with Crippen molar-refractivity contribution in [3.63, 3.8) is 0 Å². The van der Waals surface area contributed by atoms with Crippen molar-refractivity contribution in [3.05, 3.63) is 35.8 Å². The van der Waals surface area contributed by atoms with Crippen LogP contribution in [-0.4, -0.2) is 39.2 Å². The number of nitrogens with zero attached hydrogens (tertiary/aromatic N) is 5. The summed E-state index contributed by atoms with van der Waals surface area (Å²) in [5, 5.41) is 0. The van der Waals surface area contributed by atoms with Crippen LogP contribution in [0.3, 0.4) is 0 Å². The molecule has 0 radical (unpaired) electrons. The Kier molecular flexibility index (Phi) is 4.00. The lowest BCUT2D eigenvalue weighted by atomic mass is 9.78. The first-order chi connectivity index (χ1) is 11.6. The Labute approximate surface area is 143 Å². The second-order valence-electron chi connectivity index (χ2n) is 7.30. The summed E-state index contributed by atoms with van der Waals surface area (Å²) in [7, 11) is 2.11. The highest BCUT2D eigenvalue weighted by atomic mass is 15.2. The van der Waals surface area contributed by atoms with Gasteiger partial charge in [-0.3, -0.25) is 0 Å². The average molecular weight is 326 g/mol. The molecule has 0 saturated heterocycles. The minimum absolute atomic E-state index is 0.347.